The highest BCUT2D eigenvalue weighted by Crippen LogP contribution is 2.37. The largest absolute Gasteiger partial charge is 0.493 e. The molecule has 3 aliphatic rings. The van der Waals surface area contributed by atoms with E-state index in [0.717, 1.165) is 38.0 Å². The van der Waals surface area contributed by atoms with Gasteiger partial charge in [0.15, 0.2) is 11.5 Å². The number of esters is 2. The molecule has 3 saturated heterocycles. The van der Waals surface area contributed by atoms with E-state index in [1.54, 1.807) is 55.5 Å². The summed E-state index contributed by atoms with van der Waals surface area (Å²) in [6.45, 7) is 8.52. The van der Waals surface area contributed by atoms with Gasteiger partial charge in [-0.25, -0.2) is 14.0 Å². The van der Waals surface area contributed by atoms with Gasteiger partial charge in [-0.3, -0.25) is 10.2 Å². The van der Waals surface area contributed by atoms with Crippen molar-refractivity contribution in [3.8, 4) is 11.5 Å². The number of carbonyl (C=O) groups is 2. The third kappa shape index (κ3) is 9.22. The van der Waals surface area contributed by atoms with Gasteiger partial charge < -0.3 is 18.9 Å². The number of nitrogens with one attached hydrogen (secondary N) is 1. The molecule has 3 atom stereocenters. The van der Waals surface area contributed by atoms with Crippen molar-refractivity contribution in [1.82, 2.24) is 10.2 Å². The lowest BCUT2D eigenvalue weighted by atomic mass is 9.86. The predicted molar refractivity (Wildman–Crippen MR) is 187 cm³/mol. The molecule has 260 valence electrons. The van der Waals surface area contributed by atoms with Gasteiger partial charge in [-0.05, 0) is 97.4 Å². The van der Waals surface area contributed by atoms with E-state index in [4.69, 9.17) is 42.1 Å². The maximum atomic E-state index is 13.8. The van der Waals surface area contributed by atoms with E-state index >= 15 is 0 Å². The second kappa shape index (κ2) is 16.7. The number of allylic oxidation sites excluding steroid dienone is 2. The van der Waals surface area contributed by atoms with Gasteiger partial charge in [0.25, 0.3) is 0 Å². The maximum Gasteiger partial charge on any atom is 0.338 e. The normalized spacial score (nSPS) is 20.1. The first-order valence-corrected chi connectivity index (χ1v) is 17.0. The number of piperidine rings is 3. The Morgan fingerprint density at radius 3 is 2.29 bits per heavy atom. The second-order valence-electron chi connectivity index (χ2n) is 12.3. The van der Waals surface area contributed by atoms with Crippen LogP contribution in [0.15, 0.2) is 88.9 Å². The molecule has 0 saturated carbocycles. The van der Waals surface area contributed by atoms with Gasteiger partial charge in [0.1, 0.15) is 24.1 Å². The van der Waals surface area contributed by atoms with Crippen LogP contribution >= 0.6 is 23.2 Å². The summed E-state index contributed by atoms with van der Waals surface area (Å²) in [7, 11) is 3.06. The highest BCUT2D eigenvalue weighted by Gasteiger charge is 2.38. The zero-order valence-corrected chi connectivity index (χ0v) is 29.4. The molecule has 11 heteroatoms. The van der Waals surface area contributed by atoms with Crippen LogP contribution < -0.4 is 14.8 Å². The Bertz CT molecular complexity index is 1690. The fraction of sp³-hybridized carbons (Fsp3) is 0.368. The Balaban J connectivity index is 1.34. The topological polar surface area (TPSA) is 86.3 Å². The first-order valence-electron chi connectivity index (χ1n) is 16.2. The number of fused-ring (bicyclic) bond motifs is 3. The van der Waals surface area contributed by atoms with Crippen LogP contribution in [-0.4, -0.2) is 56.8 Å². The summed E-state index contributed by atoms with van der Waals surface area (Å²) in [5.41, 5.74) is 2.80. The molecule has 0 radical (unpaired) electrons. The second-order valence-corrected chi connectivity index (χ2v) is 13.3. The molecule has 0 aromatic heterocycles. The van der Waals surface area contributed by atoms with Crippen LogP contribution in [0.4, 0.5) is 4.39 Å². The molecule has 8 nitrogen and oxygen atoms in total. The van der Waals surface area contributed by atoms with Gasteiger partial charge in [-0.15, -0.1) is 0 Å². The fourth-order valence-electron chi connectivity index (χ4n) is 6.38. The van der Waals surface area contributed by atoms with Gasteiger partial charge in [-0.2, -0.15) is 0 Å². The van der Waals surface area contributed by atoms with E-state index in [2.05, 4.69) is 16.8 Å². The summed E-state index contributed by atoms with van der Waals surface area (Å²) < 4.78 is 36.8. The summed E-state index contributed by atoms with van der Waals surface area (Å²) in [5, 5.41) is 3.95. The van der Waals surface area contributed by atoms with Crippen LogP contribution in [0.2, 0.25) is 0 Å². The van der Waals surface area contributed by atoms with Crippen molar-refractivity contribution in [3.63, 3.8) is 0 Å². The first-order chi connectivity index (χ1) is 23.6. The van der Waals surface area contributed by atoms with E-state index in [0.29, 0.717) is 44.7 Å². The number of halogens is 3. The Labute approximate surface area is 296 Å². The van der Waals surface area contributed by atoms with Crippen molar-refractivity contribution in [2.45, 2.75) is 51.0 Å². The number of hydrogen-bond acceptors (Lipinski definition) is 8. The summed E-state index contributed by atoms with van der Waals surface area (Å²) in [5.74, 6) is -0.0621. The molecule has 2 unspecified atom stereocenters. The van der Waals surface area contributed by atoms with Gasteiger partial charge >= 0.3 is 11.9 Å². The molecule has 3 aromatic rings. The number of benzene rings is 3. The lowest BCUT2D eigenvalue weighted by Gasteiger charge is -2.44. The molecule has 6 rings (SSSR count). The van der Waals surface area contributed by atoms with E-state index in [9.17, 15) is 14.0 Å². The van der Waals surface area contributed by atoms with Crippen molar-refractivity contribution < 1.29 is 32.9 Å². The molecule has 3 heterocycles. The molecule has 0 amide bonds. The quantitative estimate of drug-likeness (QED) is 0.134. The number of ether oxygens (including phenoxy) is 4. The van der Waals surface area contributed by atoms with Crippen LogP contribution in [-0.2, 0) is 20.8 Å². The molecule has 0 aliphatic carbocycles. The van der Waals surface area contributed by atoms with E-state index in [1.807, 2.05) is 6.07 Å². The molecule has 2 bridgehead atoms. The Morgan fingerprint density at radius 2 is 1.67 bits per heavy atom. The number of hydrogen-bond donors (Lipinski definition) is 1. The van der Waals surface area contributed by atoms with Crippen molar-refractivity contribution in [2.24, 2.45) is 5.92 Å². The van der Waals surface area contributed by atoms with E-state index in [-0.39, 0.29) is 24.1 Å². The number of rotatable bonds is 14. The molecule has 3 aromatic carbocycles. The molecule has 49 heavy (non-hydrogen) atoms. The Hall–Kier alpha value is -3.89. The molecular weight excluding hydrogens is 670 g/mol. The Morgan fingerprint density at radius 1 is 0.980 bits per heavy atom. The SMILES string of the molecule is C=C(Cl)/C(CC(OC(=O)c1cccc(CNC(C(=O)O[C@H]2CN3CCC2CC3)c2ccc(F)cc2)c1)c1ccc(OC)c(OC)c1)=C(\C)Cl. The minimum Gasteiger partial charge on any atom is -0.493 e. The number of carbonyl (C=O) groups excluding carboxylic acids is 2. The van der Waals surface area contributed by atoms with Crippen LogP contribution in [0.3, 0.4) is 0 Å². The summed E-state index contributed by atoms with van der Waals surface area (Å²) in [6, 6.07) is 17.1. The third-order valence-electron chi connectivity index (χ3n) is 9.14. The fourth-order valence-corrected chi connectivity index (χ4v) is 6.84. The van der Waals surface area contributed by atoms with Crippen molar-refractivity contribution >= 4 is 35.1 Å². The van der Waals surface area contributed by atoms with Crippen molar-refractivity contribution in [2.75, 3.05) is 33.9 Å². The first kappa shape index (κ1) is 36.4. The van der Waals surface area contributed by atoms with Crippen molar-refractivity contribution in [3.05, 3.63) is 117 Å². The summed E-state index contributed by atoms with van der Waals surface area (Å²) >= 11 is 12.6. The zero-order chi connectivity index (χ0) is 35.1. The highest BCUT2D eigenvalue weighted by molar-refractivity contribution is 6.35. The predicted octanol–water partition coefficient (Wildman–Crippen LogP) is 7.86. The average Bonchev–Trinajstić information content (AvgIpc) is 3.10. The van der Waals surface area contributed by atoms with Crippen LogP contribution in [0.5, 0.6) is 11.5 Å². The standard InChI is InChI=1S/C38H41Cl2FN2O6/c1-23(39)31(24(2)40)20-33(28-10-13-32(46-3)34(19-28)47-4)48-37(44)29-7-5-6-25(18-29)21-42-36(27-8-11-30(41)12-9-27)38(45)49-35-22-43-16-14-26(35)15-17-43/h5-13,18-19,26,33,35-36,42H,1,14-17,20-22H2,2-4H3/b31-24+/t33?,35-,36?/m0/s1. The lowest BCUT2D eigenvalue weighted by molar-refractivity contribution is -0.161. The van der Waals surface area contributed by atoms with Gasteiger partial charge in [0.2, 0.25) is 0 Å². The summed E-state index contributed by atoms with van der Waals surface area (Å²) in [4.78, 5) is 29.5. The monoisotopic (exact) mass is 710 g/mol. The summed E-state index contributed by atoms with van der Waals surface area (Å²) in [6.07, 6.45) is 1.21. The maximum absolute atomic E-state index is 13.8. The van der Waals surface area contributed by atoms with Crippen LogP contribution in [0.25, 0.3) is 0 Å². The third-order valence-corrected chi connectivity index (χ3v) is 9.59. The molecule has 3 aliphatic heterocycles. The van der Waals surface area contributed by atoms with E-state index < -0.39 is 29.9 Å². The Kier molecular flexibility index (Phi) is 12.4. The van der Waals surface area contributed by atoms with Gasteiger partial charge in [-0.1, -0.05) is 60.1 Å². The molecule has 3 fully saturated rings. The number of nitrogens with zero attached hydrogens (tertiary/aromatic N) is 1. The van der Waals surface area contributed by atoms with E-state index in [1.165, 1.54) is 26.4 Å². The molecule has 1 N–H and O–H groups in total. The minimum atomic E-state index is -0.839. The molecule has 0 spiro atoms. The van der Waals surface area contributed by atoms with Crippen molar-refractivity contribution in [1.29, 1.82) is 0 Å². The van der Waals surface area contributed by atoms with Gasteiger partial charge in [0, 0.05) is 29.6 Å². The lowest BCUT2D eigenvalue weighted by Crippen LogP contribution is -2.52. The van der Waals surface area contributed by atoms with Crippen LogP contribution in [0.1, 0.15) is 65.4 Å². The van der Waals surface area contributed by atoms with Gasteiger partial charge in [0.05, 0.1) is 19.8 Å². The smallest absolute Gasteiger partial charge is 0.338 e. The average molecular weight is 712 g/mol. The zero-order valence-electron chi connectivity index (χ0n) is 27.8. The minimum absolute atomic E-state index is 0.168. The molecular formula is C38H41Cl2FN2O6. The van der Waals surface area contributed by atoms with Crippen LogP contribution in [0, 0.1) is 11.7 Å². The number of methoxy groups -OCH3 is 2. The highest BCUT2D eigenvalue weighted by atomic mass is 35.5.